The van der Waals surface area contributed by atoms with Crippen LogP contribution in [-0.2, 0) is 58.1 Å². The second kappa shape index (κ2) is 40.1. The number of unbranched alkanes of at least 4 members (excludes halogenated alkanes) is 4. The molecule has 0 aliphatic rings. The van der Waals surface area contributed by atoms with Gasteiger partial charge in [-0.3, -0.25) is 0 Å². The Morgan fingerprint density at radius 3 is 0.595 bits per heavy atom. The summed E-state index contributed by atoms with van der Waals surface area (Å²) < 4.78 is 0. The van der Waals surface area contributed by atoms with Crippen LogP contribution in [0.3, 0.4) is 0 Å². The first-order valence-corrected chi connectivity index (χ1v) is 15.7. The number of rotatable bonds is 20. The molecule has 4 unspecified atom stereocenters. The molecular formula is C32H60O8Zn2. The van der Waals surface area contributed by atoms with Crippen molar-refractivity contribution in [1.29, 1.82) is 0 Å². The van der Waals surface area contributed by atoms with Crippen LogP contribution >= 0.6 is 0 Å². The summed E-state index contributed by atoms with van der Waals surface area (Å²) in [5.41, 5.74) is 0. The Morgan fingerprint density at radius 2 is 0.524 bits per heavy atom. The quantitative estimate of drug-likeness (QED) is 0.173. The van der Waals surface area contributed by atoms with Crippen LogP contribution in [0.2, 0.25) is 0 Å². The summed E-state index contributed by atoms with van der Waals surface area (Å²) in [6.45, 7) is 15.8. The van der Waals surface area contributed by atoms with Gasteiger partial charge in [0.15, 0.2) is 0 Å². The van der Waals surface area contributed by atoms with E-state index in [1.54, 1.807) is 0 Å². The summed E-state index contributed by atoms with van der Waals surface area (Å²) in [6, 6.07) is 0. The van der Waals surface area contributed by atoms with Gasteiger partial charge in [-0.2, -0.15) is 0 Å². The molecule has 0 spiro atoms. The third kappa shape index (κ3) is 37.2. The summed E-state index contributed by atoms with van der Waals surface area (Å²) >= 11 is 0. The molecule has 0 bridgehead atoms. The predicted octanol–water partition coefficient (Wildman–Crippen LogP) is 3.81. The molecule has 0 aromatic heterocycles. The van der Waals surface area contributed by atoms with Crippen molar-refractivity contribution in [2.24, 2.45) is 23.7 Å². The molecule has 0 saturated heterocycles. The second-order valence-electron chi connectivity index (χ2n) is 10.3. The van der Waals surface area contributed by atoms with Crippen LogP contribution in [0.15, 0.2) is 0 Å². The van der Waals surface area contributed by atoms with E-state index in [2.05, 4.69) is 27.7 Å². The first kappa shape index (κ1) is 53.7. The molecule has 0 aliphatic carbocycles. The Morgan fingerprint density at radius 1 is 0.381 bits per heavy atom. The van der Waals surface area contributed by atoms with Crippen LogP contribution < -0.4 is 20.4 Å². The Balaban J connectivity index is -0.000000101. The van der Waals surface area contributed by atoms with Crippen molar-refractivity contribution in [3.8, 4) is 0 Å². The standard InChI is InChI=1S/4C8H16O2.2Zn/c4*1-3-5-6-7(4-2)8(9)10;;/h4*7H,3-6H2,1-2H3,(H,9,10);;/q;;;;2*+2/p-4. The van der Waals surface area contributed by atoms with Gasteiger partial charge in [-0.25, -0.2) is 0 Å². The van der Waals surface area contributed by atoms with Gasteiger partial charge >= 0.3 is 39.0 Å². The van der Waals surface area contributed by atoms with Crippen LogP contribution in [0.25, 0.3) is 0 Å². The molecule has 0 aliphatic heterocycles. The van der Waals surface area contributed by atoms with E-state index in [0.29, 0.717) is 25.7 Å². The molecule has 0 amide bonds. The zero-order valence-electron chi connectivity index (χ0n) is 28.3. The van der Waals surface area contributed by atoms with Crippen molar-refractivity contribution in [3.63, 3.8) is 0 Å². The van der Waals surface area contributed by atoms with Crippen LogP contribution in [0.4, 0.5) is 0 Å². The maximum atomic E-state index is 10.3. The Kier molecular flexibility index (Phi) is 51.3. The van der Waals surface area contributed by atoms with E-state index >= 15 is 0 Å². The summed E-state index contributed by atoms with van der Waals surface area (Å²) in [5, 5.41) is 41.3. The van der Waals surface area contributed by atoms with Crippen molar-refractivity contribution in [1.82, 2.24) is 0 Å². The maximum Gasteiger partial charge on any atom is 2.00 e. The van der Waals surface area contributed by atoms with Crippen molar-refractivity contribution in [3.05, 3.63) is 0 Å². The molecular weight excluding hydrogens is 643 g/mol. The largest absolute Gasteiger partial charge is 2.00 e. The van der Waals surface area contributed by atoms with Crippen molar-refractivity contribution in [2.75, 3.05) is 0 Å². The third-order valence-electron chi connectivity index (χ3n) is 6.93. The van der Waals surface area contributed by atoms with Gasteiger partial charge in [-0.05, 0) is 75.0 Å². The summed E-state index contributed by atoms with van der Waals surface area (Å²) in [6.07, 6.45) is 14.1. The van der Waals surface area contributed by atoms with Crippen LogP contribution in [0, 0.1) is 23.7 Å². The van der Waals surface area contributed by atoms with E-state index < -0.39 is 23.9 Å². The minimum atomic E-state index is -0.893. The average molecular weight is 704 g/mol. The molecule has 0 heterocycles. The van der Waals surface area contributed by atoms with Gasteiger partial charge in [0, 0.05) is 23.9 Å². The first-order chi connectivity index (χ1) is 18.9. The molecule has 10 heteroatoms. The normalized spacial score (nSPS) is 12.4. The van der Waals surface area contributed by atoms with E-state index in [1.807, 2.05) is 27.7 Å². The topological polar surface area (TPSA) is 161 Å². The molecule has 0 aromatic carbocycles. The van der Waals surface area contributed by atoms with E-state index in [1.165, 1.54) is 0 Å². The van der Waals surface area contributed by atoms with Crippen molar-refractivity contribution < 1.29 is 78.6 Å². The third-order valence-corrected chi connectivity index (χ3v) is 6.93. The zero-order valence-corrected chi connectivity index (χ0v) is 34.2. The van der Waals surface area contributed by atoms with E-state index in [0.717, 1.165) is 77.0 Å². The van der Waals surface area contributed by atoms with Gasteiger partial charge in [0.2, 0.25) is 0 Å². The Bertz CT molecular complexity index is 513. The number of hydrogen-bond acceptors (Lipinski definition) is 8. The van der Waals surface area contributed by atoms with Gasteiger partial charge in [-0.15, -0.1) is 0 Å². The molecule has 0 saturated carbocycles. The summed E-state index contributed by atoms with van der Waals surface area (Å²) in [7, 11) is 0. The smallest absolute Gasteiger partial charge is 0.550 e. The van der Waals surface area contributed by atoms with E-state index in [-0.39, 0.29) is 62.6 Å². The van der Waals surface area contributed by atoms with Crippen LogP contribution in [-0.4, -0.2) is 23.9 Å². The first-order valence-electron chi connectivity index (χ1n) is 15.7. The van der Waals surface area contributed by atoms with Crippen molar-refractivity contribution in [2.45, 2.75) is 158 Å². The monoisotopic (exact) mass is 700 g/mol. The fourth-order valence-corrected chi connectivity index (χ4v) is 3.76. The van der Waals surface area contributed by atoms with Gasteiger partial charge in [-0.1, -0.05) is 107 Å². The Hall–Kier alpha value is -0.873. The number of carboxylic acid groups (broad SMARTS) is 4. The SMILES string of the molecule is CCCCC(CC)C(=O)[O-].CCCCC(CC)C(=O)[O-].CCCCC(CC)C(=O)[O-].CCCCC(CC)C(=O)[O-].[Zn+2].[Zn+2]. The van der Waals surface area contributed by atoms with Gasteiger partial charge in [0.1, 0.15) is 0 Å². The molecule has 0 aromatic rings. The Labute approximate surface area is 283 Å². The number of carbonyl (C=O) groups is 4. The molecule has 0 fully saturated rings. The number of hydrogen-bond donors (Lipinski definition) is 0. The fraction of sp³-hybridized carbons (Fsp3) is 0.875. The number of aliphatic carboxylic acids is 4. The van der Waals surface area contributed by atoms with Gasteiger partial charge in [0.25, 0.3) is 0 Å². The van der Waals surface area contributed by atoms with E-state index in [4.69, 9.17) is 0 Å². The van der Waals surface area contributed by atoms with Gasteiger partial charge < -0.3 is 39.6 Å². The molecule has 42 heavy (non-hydrogen) atoms. The molecule has 0 radical (unpaired) electrons. The fourth-order valence-electron chi connectivity index (χ4n) is 3.76. The average Bonchev–Trinajstić information content (AvgIpc) is 2.91. The van der Waals surface area contributed by atoms with Crippen molar-refractivity contribution >= 4 is 23.9 Å². The zero-order chi connectivity index (χ0) is 31.9. The molecule has 0 rings (SSSR count). The second-order valence-corrected chi connectivity index (χ2v) is 10.3. The molecule has 8 nitrogen and oxygen atoms in total. The van der Waals surface area contributed by atoms with E-state index in [9.17, 15) is 39.6 Å². The minimum Gasteiger partial charge on any atom is -0.550 e. The predicted molar refractivity (Wildman–Crippen MR) is 153 cm³/mol. The summed E-state index contributed by atoms with van der Waals surface area (Å²) in [5.74, 6) is -4.46. The minimum absolute atomic E-state index is 0. The number of carboxylic acids is 4. The maximum absolute atomic E-state index is 10.3. The summed E-state index contributed by atoms with van der Waals surface area (Å²) in [4.78, 5) is 41.3. The van der Waals surface area contributed by atoms with Crippen LogP contribution in [0.1, 0.15) is 158 Å². The van der Waals surface area contributed by atoms with Gasteiger partial charge in [0.05, 0.1) is 0 Å². The molecule has 0 N–H and O–H groups in total. The molecule has 240 valence electrons. The molecule has 4 atom stereocenters. The number of carbonyl (C=O) groups excluding carboxylic acids is 4. The van der Waals surface area contributed by atoms with Crippen LogP contribution in [0.5, 0.6) is 0 Å².